The van der Waals surface area contributed by atoms with Crippen LogP contribution in [-0.4, -0.2) is 97.8 Å². The quantitative estimate of drug-likeness (QED) is 0.0544. The minimum atomic E-state index is -0.644. The molecule has 8 unspecified atom stereocenters. The molecular formula is C65H92N8O5. The molecule has 3 aromatic rings. The van der Waals surface area contributed by atoms with Crippen LogP contribution in [0.3, 0.4) is 0 Å². The summed E-state index contributed by atoms with van der Waals surface area (Å²) in [4.78, 5) is 66.2. The number of likely N-dealkylation sites (N-methyl/N-ethyl adjacent to an activating group) is 1. The number of hydrogen-bond acceptors (Lipinski definition) is 8. The molecule has 8 rings (SSSR count). The smallest absolute Gasteiger partial charge is 0.407 e. The number of rotatable bonds is 21. The molecule has 4 aliphatic carbocycles. The Balaban J connectivity index is 1.04. The molecule has 13 nitrogen and oxygen atoms in total. The Labute approximate surface area is 466 Å². The highest BCUT2D eigenvalue weighted by atomic mass is 16.5. The number of aryl methyl sites for hydroxylation is 2. The van der Waals surface area contributed by atoms with Gasteiger partial charge in [0, 0.05) is 61.5 Å². The van der Waals surface area contributed by atoms with Gasteiger partial charge in [0.1, 0.15) is 17.7 Å². The molecule has 5 aliphatic rings. The number of nitrogens with zero attached hydrogens (tertiary/aromatic N) is 5. The third kappa shape index (κ3) is 12.3. The lowest BCUT2D eigenvalue weighted by molar-refractivity contribution is -0.148. The summed E-state index contributed by atoms with van der Waals surface area (Å²) in [5.41, 5.74) is 14.2. The molecule has 0 radical (unpaired) electrons. The topological polar surface area (TPSA) is 158 Å². The summed E-state index contributed by atoms with van der Waals surface area (Å²) < 4.78 is 10.9. The van der Waals surface area contributed by atoms with Crippen LogP contribution < -0.4 is 5.32 Å². The molecule has 78 heavy (non-hydrogen) atoms. The van der Waals surface area contributed by atoms with Gasteiger partial charge in [0.15, 0.2) is 0 Å². The first kappa shape index (κ1) is 58.3. The molecule has 3 fully saturated rings. The van der Waals surface area contributed by atoms with Crippen molar-refractivity contribution in [2.24, 2.45) is 52.3 Å². The van der Waals surface area contributed by atoms with Gasteiger partial charge in [0.25, 0.3) is 0 Å². The normalized spacial score (nSPS) is 25.8. The summed E-state index contributed by atoms with van der Waals surface area (Å²) in [6.07, 6.45) is 21.3. The average molecular weight is 1070 g/mol. The number of fused-ring (bicyclic) bond motifs is 3. The number of benzene rings is 1. The molecule has 3 N–H and O–H groups in total. The first-order valence-electron chi connectivity index (χ1n) is 29.3. The second kappa shape index (κ2) is 23.9. The van der Waals surface area contributed by atoms with Crippen molar-refractivity contribution in [3.05, 3.63) is 106 Å². The van der Waals surface area contributed by atoms with Crippen LogP contribution in [0.25, 0.3) is 22.4 Å². The fraction of sp³-hybridized carbons (Fsp3) is 0.600. The first-order valence-corrected chi connectivity index (χ1v) is 29.3. The third-order valence-corrected chi connectivity index (χ3v) is 18.7. The van der Waals surface area contributed by atoms with E-state index in [1.807, 2.05) is 32.3 Å². The molecule has 9 atom stereocenters. The van der Waals surface area contributed by atoms with Crippen molar-refractivity contribution >= 4 is 34.8 Å². The number of ether oxygens (including phenoxy) is 2. The molecule has 2 aromatic heterocycles. The predicted octanol–water partition coefficient (Wildman–Crippen LogP) is 13.4. The second-order valence-corrected chi connectivity index (χ2v) is 25.1. The van der Waals surface area contributed by atoms with Crippen molar-refractivity contribution in [1.82, 2.24) is 35.1 Å². The second-order valence-electron chi connectivity index (χ2n) is 25.1. The Morgan fingerprint density at radius 3 is 2.38 bits per heavy atom. The van der Waals surface area contributed by atoms with Gasteiger partial charge in [-0.15, -0.1) is 0 Å². The van der Waals surface area contributed by atoms with Crippen LogP contribution >= 0.6 is 0 Å². The fourth-order valence-corrected chi connectivity index (χ4v) is 13.3. The zero-order valence-electron chi connectivity index (χ0n) is 49.9. The van der Waals surface area contributed by atoms with E-state index >= 15 is 0 Å². The number of hydrogen-bond donors (Lipinski definition) is 3. The van der Waals surface area contributed by atoms with Crippen molar-refractivity contribution in [3.8, 4) is 11.3 Å². The highest BCUT2D eigenvalue weighted by Crippen LogP contribution is 2.57. The summed E-state index contributed by atoms with van der Waals surface area (Å²) in [6, 6.07) is 3.83. The molecule has 3 amide bonds. The van der Waals surface area contributed by atoms with Gasteiger partial charge in [0.05, 0.1) is 42.5 Å². The van der Waals surface area contributed by atoms with Crippen molar-refractivity contribution in [2.75, 3.05) is 27.3 Å². The Morgan fingerprint density at radius 2 is 1.74 bits per heavy atom. The van der Waals surface area contributed by atoms with E-state index in [1.165, 1.54) is 64.6 Å². The van der Waals surface area contributed by atoms with Crippen LogP contribution in [0.15, 0.2) is 77.2 Å². The summed E-state index contributed by atoms with van der Waals surface area (Å²) in [6.45, 7) is 34.0. The Hall–Kier alpha value is -5.82. The third-order valence-electron chi connectivity index (χ3n) is 18.7. The van der Waals surface area contributed by atoms with Crippen LogP contribution in [0.4, 0.5) is 4.79 Å². The molecule has 422 valence electrons. The summed E-state index contributed by atoms with van der Waals surface area (Å²) >= 11 is 0. The maximum atomic E-state index is 14.9. The highest BCUT2D eigenvalue weighted by molar-refractivity contribution is 5.88. The maximum Gasteiger partial charge on any atom is 0.407 e. The lowest BCUT2D eigenvalue weighted by Crippen LogP contribution is -2.50. The summed E-state index contributed by atoms with van der Waals surface area (Å²) in [5, 5.41) is 2.69. The van der Waals surface area contributed by atoms with Crippen LogP contribution in [0.5, 0.6) is 0 Å². The number of aliphatic imine (C=N–C) groups is 1. The summed E-state index contributed by atoms with van der Waals surface area (Å²) in [5.74, 6) is 3.59. The molecular weight excluding hydrogens is 973 g/mol. The lowest BCUT2D eigenvalue weighted by atomic mass is 9.67. The van der Waals surface area contributed by atoms with E-state index in [4.69, 9.17) is 24.4 Å². The van der Waals surface area contributed by atoms with Crippen LogP contribution in [0.2, 0.25) is 0 Å². The van der Waals surface area contributed by atoms with Crippen LogP contribution in [0, 0.1) is 54.3 Å². The number of methoxy groups -OCH3 is 1. The van der Waals surface area contributed by atoms with E-state index in [9.17, 15) is 14.4 Å². The Bertz CT molecular complexity index is 2890. The van der Waals surface area contributed by atoms with E-state index in [0.717, 1.165) is 85.5 Å². The number of H-pyrrole nitrogens is 2. The average Bonchev–Trinajstić information content (AvgIpc) is 4.37. The number of carbonyl (C=O) groups excluding carboxylic acids is 3. The van der Waals surface area contributed by atoms with Crippen molar-refractivity contribution in [1.29, 1.82) is 0 Å². The van der Waals surface area contributed by atoms with E-state index in [-0.39, 0.29) is 64.5 Å². The minimum Gasteiger partial charge on any atom is -0.453 e. The van der Waals surface area contributed by atoms with Crippen LogP contribution in [-0.2, 0) is 31.9 Å². The molecule has 1 aliphatic heterocycles. The van der Waals surface area contributed by atoms with Gasteiger partial charge in [-0.05, 0) is 189 Å². The molecule has 2 saturated carbocycles. The van der Waals surface area contributed by atoms with Crippen molar-refractivity contribution < 1.29 is 23.9 Å². The lowest BCUT2D eigenvalue weighted by Gasteiger charge is -2.42. The zero-order chi connectivity index (χ0) is 56.5. The van der Waals surface area contributed by atoms with E-state index in [1.54, 1.807) is 11.9 Å². The van der Waals surface area contributed by atoms with Gasteiger partial charge >= 0.3 is 6.09 Å². The molecule has 1 saturated heterocycles. The van der Waals surface area contributed by atoms with Crippen molar-refractivity contribution in [3.63, 3.8) is 0 Å². The largest absolute Gasteiger partial charge is 0.453 e. The molecule has 0 spiro atoms. The van der Waals surface area contributed by atoms with Crippen molar-refractivity contribution in [2.45, 2.75) is 177 Å². The molecule has 1 aromatic carbocycles. The summed E-state index contributed by atoms with van der Waals surface area (Å²) in [7, 11) is 3.09. The van der Waals surface area contributed by atoms with Gasteiger partial charge in [-0.3, -0.25) is 14.6 Å². The molecule has 0 bridgehead atoms. The Morgan fingerprint density at radius 1 is 1.01 bits per heavy atom. The highest BCUT2D eigenvalue weighted by Gasteiger charge is 2.56. The van der Waals surface area contributed by atoms with Gasteiger partial charge in [0.2, 0.25) is 11.8 Å². The number of carbonyl (C=O) groups is 3. The Kier molecular flexibility index (Phi) is 17.9. The number of amides is 3. The van der Waals surface area contributed by atoms with Gasteiger partial charge < -0.3 is 34.6 Å². The van der Waals surface area contributed by atoms with E-state index < -0.39 is 12.1 Å². The van der Waals surface area contributed by atoms with E-state index in [0.29, 0.717) is 25.0 Å². The molecule has 3 heterocycles. The maximum absolute atomic E-state index is 14.9. The van der Waals surface area contributed by atoms with Gasteiger partial charge in [-0.1, -0.05) is 76.1 Å². The number of aromatic nitrogens is 4. The number of nitrogens with one attached hydrogen (secondary N) is 3. The zero-order valence-corrected chi connectivity index (χ0v) is 49.9. The number of allylic oxidation sites excluding steroid dienone is 8. The van der Waals surface area contributed by atoms with Crippen LogP contribution in [0.1, 0.15) is 175 Å². The number of unbranched alkanes of at least 4 members (excludes halogenated alkanes) is 1. The standard InChI is InChI=1S/C65H92N8O5/c1-17-45(53-36-68-60(70-53)44(11)73(65(14)32-40(65)7)61(74)50(18-2)47-26-28-78-64(12,13)33-47)24-25-51-41(8)42(9)57-56-38(5)29-48(30-49(56)31-52(58(51)57)39(6)34-66-43(10)46-22-23-46)54-35-67-55(69-54)21-19-20-27-72(15)62(75)59(37(3)4)71-63(76)77-16/h17,24-25,29-30,34-37,40-41,44,46-47,50,52,58-59H,1,18-23,26-28,31-33H2,2-16H3,(H,67,69)(H,68,70)(H,71,76)/b39-34+,45-24+,51-25+,66-43?/t40?,41?,44?,47?,50?,52?,58?,59?,65-/m0/s1. The van der Waals surface area contributed by atoms with Gasteiger partial charge in [-0.2, -0.15) is 0 Å². The number of imidazole rings is 2. The minimum absolute atomic E-state index is 0.0649. The molecule has 13 heteroatoms. The number of alkyl carbamates (subject to hydrolysis) is 1. The van der Waals surface area contributed by atoms with E-state index in [2.05, 4.69) is 133 Å². The predicted molar refractivity (Wildman–Crippen MR) is 314 cm³/mol. The monoisotopic (exact) mass is 1060 g/mol. The fourth-order valence-electron chi connectivity index (χ4n) is 13.3. The SMILES string of the molecule is C=C/C(=C\C=C1/C(C)C(C)=C2c3c(C)cc(-c4cnc(CCCCN(C)C(=O)C(NC(=O)OC)C(C)C)[nH]4)cc3CC(/C(C)=C/N=C(C)C3CC3)C21)c1cnc(C(C)N(C(=O)C(CC)C2CCOC(C)(C)C2)[C@@]2(C)CC2C)[nH]1. The van der Waals surface area contributed by atoms with Gasteiger partial charge in [-0.25, -0.2) is 14.8 Å². The first-order chi connectivity index (χ1) is 37.0. The number of aromatic amines is 2.